The van der Waals surface area contributed by atoms with E-state index in [-0.39, 0.29) is 11.8 Å². The molecule has 0 unspecified atom stereocenters. The standard InChI is InChI=1S/C28H29N5O2/c1-17-11-20(21-6-8-24-22(12-21)13-29-31(24)2)5-7-23(17)25-30-28(9-10-28)27(35)33(25)16-18-14-32(15-18)26(34)19-3-4-19/h5-8,11-13,18-19H,3-4,9-10,14-16H2,1-2H3. The van der Waals surface area contributed by atoms with E-state index in [0.717, 1.165) is 77.8 Å². The summed E-state index contributed by atoms with van der Waals surface area (Å²) in [6, 6.07) is 12.8. The van der Waals surface area contributed by atoms with Gasteiger partial charge in [0, 0.05) is 49.5 Å². The maximum atomic E-state index is 13.3. The highest BCUT2D eigenvalue weighted by Gasteiger charge is 2.58. The molecule has 0 bridgehead atoms. The van der Waals surface area contributed by atoms with Gasteiger partial charge in [0.15, 0.2) is 0 Å². The van der Waals surface area contributed by atoms with Crippen LogP contribution >= 0.6 is 0 Å². The van der Waals surface area contributed by atoms with Gasteiger partial charge in [0.1, 0.15) is 11.4 Å². The average molecular weight is 468 g/mol. The van der Waals surface area contributed by atoms with Crippen LogP contribution in [-0.2, 0) is 16.6 Å². The zero-order chi connectivity index (χ0) is 23.9. The van der Waals surface area contributed by atoms with Crippen molar-refractivity contribution in [2.45, 2.75) is 38.1 Å². The molecular formula is C28H29N5O2. The first-order valence-electron chi connectivity index (χ1n) is 12.7. The summed E-state index contributed by atoms with van der Waals surface area (Å²) in [5.41, 5.74) is 5.01. The molecule has 1 spiro atoms. The van der Waals surface area contributed by atoms with Gasteiger partial charge in [-0.15, -0.1) is 0 Å². The van der Waals surface area contributed by atoms with E-state index in [2.05, 4.69) is 48.4 Å². The summed E-state index contributed by atoms with van der Waals surface area (Å²) in [5, 5.41) is 5.47. The third kappa shape index (κ3) is 3.32. The van der Waals surface area contributed by atoms with Crippen LogP contribution in [0, 0.1) is 18.8 Å². The number of rotatable bonds is 5. The number of nitrogens with zero attached hydrogens (tertiary/aromatic N) is 5. The zero-order valence-corrected chi connectivity index (χ0v) is 20.2. The summed E-state index contributed by atoms with van der Waals surface area (Å²) in [4.78, 5) is 34.5. The van der Waals surface area contributed by atoms with Crippen molar-refractivity contribution in [2.75, 3.05) is 19.6 Å². The van der Waals surface area contributed by atoms with Crippen LogP contribution in [0.15, 0.2) is 47.6 Å². The van der Waals surface area contributed by atoms with Crippen molar-refractivity contribution in [1.29, 1.82) is 0 Å². The Labute approximate surface area is 204 Å². The maximum absolute atomic E-state index is 13.3. The highest BCUT2D eigenvalue weighted by Crippen LogP contribution is 2.46. The predicted molar refractivity (Wildman–Crippen MR) is 134 cm³/mol. The second-order valence-corrected chi connectivity index (χ2v) is 10.8. The molecular weight excluding hydrogens is 438 g/mol. The van der Waals surface area contributed by atoms with Gasteiger partial charge in [0.25, 0.3) is 5.91 Å². The molecule has 2 aliphatic heterocycles. The topological polar surface area (TPSA) is 70.8 Å². The first-order valence-corrected chi connectivity index (χ1v) is 12.7. The minimum atomic E-state index is -0.529. The number of fused-ring (bicyclic) bond motifs is 1. The van der Waals surface area contributed by atoms with E-state index in [1.807, 2.05) is 27.7 Å². The summed E-state index contributed by atoms with van der Waals surface area (Å²) < 4.78 is 1.88. The Morgan fingerprint density at radius 2 is 1.83 bits per heavy atom. The molecule has 7 rings (SSSR count). The van der Waals surface area contributed by atoms with Crippen LogP contribution in [0.4, 0.5) is 0 Å². The van der Waals surface area contributed by atoms with Gasteiger partial charge in [-0.3, -0.25) is 24.2 Å². The van der Waals surface area contributed by atoms with E-state index >= 15 is 0 Å². The predicted octanol–water partition coefficient (Wildman–Crippen LogP) is 3.54. The lowest BCUT2D eigenvalue weighted by Crippen LogP contribution is -2.55. The Kier molecular flexibility index (Phi) is 4.33. The number of amidine groups is 1. The Morgan fingerprint density at radius 1 is 1.09 bits per heavy atom. The number of hydrogen-bond acceptors (Lipinski definition) is 4. The fourth-order valence-corrected chi connectivity index (χ4v) is 5.63. The molecule has 2 saturated carbocycles. The minimum absolute atomic E-state index is 0.143. The van der Waals surface area contributed by atoms with Crippen molar-refractivity contribution in [3.05, 3.63) is 53.7 Å². The lowest BCUT2D eigenvalue weighted by Gasteiger charge is -2.41. The van der Waals surface area contributed by atoms with Crippen LogP contribution in [0.5, 0.6) is 0 Å². The van der Waals surface area contributed by atoms with Crippen LogP contribution < -0.4 is 0 Å². The van der Waals surface area contributed by atoms with Crippen molar-refractivity contribution in [2.24, 2.45) is 23.9 Å². The normalized spacial score (nSPS) is 21.1. The Morgan fingerprint density at radius 3 is 2.54 bits per heavy atom. The molecule has 178 valence electrons. The van der Waals surface area contributed by atoms with Gasteiger partial charge in [-0.05, 0) is 61.4 Å². The van der Waals surface area contributed by atoms with Crippen molar-refractivity contribution in [1.82, 2.24) is 19.6 Å². The average Bonchev–Trinajstić information content (AvgIpc) is 3.75. The molecule has 3 aromatic rings. The van der Waals surface area contributed by atoms with E-state index in [1.165, 1.54) is 0 Å². The molecule has 0 radical (unpaired) electrons. The number of aromatic nitrogens is 2. The fraction of sp³-hybridized carbons (Fsp3) is 0.429. The van der Waals surface area contributed by atoms with Crippen molar-refractivity contribution in [3.8, 4) is 11.1 Å². The number of carbonyl (C=O) groups is 2. The first kappa shape index (κ1) is 20.9. The smallest absolute Gasteiger partial charge is 0.256 e. The number of aliphatic imine (C=N–C) groups is 1. The van der Waals surface area contributed by atoms with Crippen molar-refractivity contribution < 1.29 is 9.59 Å². The highest BCUT2D eigenvalue weighted by molar-refractivity contribution is 6.17. The van der Waals surface area contributed by atoms with E-state index in [1.54, 1.807) is 0 Å². The molecule has 0 atom stereocenters. The molecule has 4 aliphatic rings. The van der Waals surface area contributed by atoms with Crippen LogP contribution in [0.2, 0.25) is 0 Å². The van der Waals surface area contributed by atoms with Gasteiger partial charge in [0.2, 0.25) is 5.91 Å². The van der Waals surface area contributed by atoms with E-state index in [0.29, 0.717) is 18.4 Å². The summed E-state index contributed by atoms with van der Waals surface area (Å²) in [6.07, 6.45) is 5.65. The molecule has 3 fully saturated rings. The summed E-state index contributed by atoms with van der Waals surface area (Å²) >= 11 is 0. The van der Waals surface area contributed by atoms with Gasteiger partial charge < -0.3 is 4.90 Å². The quantitative estimate of drug-likeness (QED) is 0.576. The fourth-order valence-electron chi connectivity index (χ4n) is 5.63. The third-order valence-corrected chi connectivity index (χ3v) is 8.13. The van der Waals surface area contributed by atoms with Gasteiger partial charge in [-0.2, -0.15) is 5.10 Å². The Bertz CT molecular complexity index is 1420. The molecule has 0 N–H and O–H groups in total. The summed E-state index contributed by atoms with van der Waals surface area (Å²) in [7, 11) is 1.95. The Balaban J connectivity index is 1.14. The lowest BCUT2D eigenvalue weighted by molar-refractivity contribution is -0.139. The number of aryl methyl sites for hydroxylation is 2. The minimum Gasteiger partial charge on any atom is -0.342 e. The van der Waals surface area contributed by atoms with Gasteiger partial charge in [-0.25, -0.2) is 0 Å². The molecule has 2 aromatic carbocycles. The number of benzene rings is 2. The van der Waals surface area contributed by atoms with E-state index in [4.69, 9.17) is 4.99 Å². The molecule has 2 aliphatic carbocycles. The number of carbonyl (C=O) groups excluding carboxylic acids is 2. The van der Waals surface area contributed by atoms with Crippen molar-refractivity contribution >= 4 is 28.6 Å². The van der Waals surface area contributed by atoms with Gasteiger partial charge in [-0.1, -0.05) is 24.3 Å². The summed E-state index contributed by atoms with van der Waals surface area (Å²) in [6.45, 7) is 4.26. The number of likely N-dealkylation sites (tertiary alicyclic amines) is 1. The SMILES string of the molecule is Cc1cc(-c2ccc3c(cnn3C)c2)ccc1C1=NC2(CC2)C(=O)N1CC1CN(C(=O)C2CC2)C1. The summed E-state index contributed by atoms with van der Waals surface area (Å²) in [5.74, 6) is 1.84. The molecule has 2 amide bonds. The molecule has 3 heterocycles. The molecule has 1 saturated heterocycles. The first-order chi connectivity index (χ1) is 16.9. The second kappa shape index (κ2) is 7.26. The third-order valence-electron chi connectivity index (χ3n) is 8.13. The molecule has 1 aromatic heterocycles. The van der Waals surface area contributed by atoms with Crippen LogP contribution in [0.1, 0.15) is 36.8 Å². The Hall–Kier alpha value is -3.48. The molecule has 7 heteroatoms. The monoisotopic (exact) mass is 467 g/mol. The number of hydrogen-bond donors (Lipinski definition) is 0. The second-order valence-electron chi connectivity index (χ2n) is 10.8. The van der Waals surface area contributed by atoms with Crippen LogP contribution in [0.25, 0.3) is 22.0 Å². The zero-order valence-electron chi connectivity index (χ0n) is 20.2. The number of amides is 2. The molecule has 35 heavy (non-hydrogen) atoms. The maximum Gasteiger partial charge on any atom is 0.256 e. The van der Waals surface area contributed by atoms with Crippen LogP contribution in [-0.4, -0.2) is 62.4 Å². The highest BCUT2D eigenvalue weighted by atomic mass is 16.2. The van der Waals surface area contributed by atoms with Gasteiger partial charge in [0.05, 0.1) is 11.7 Å². The van der Waals surface area contributed by atoms with E-state index in [9.17, 15) is 9.59 Å². The van der Waals surface area contributed by atoms with Crippen molar-refractivity contribution in [3.63, 3.8) is 0 Å². The lowest BCUT2D eigenvalue weighted by atomic mass is 9.96. The molecule has 7 nitrogen and oxygen atoms in total. The largest absolute Gasteiger partial charge is 0.342 e. The van der Waals surface area contributed by atoms with E-state index < -0.39 is 5.54 Å². The van der Waals surface area contributed by atoms with Gasteiger partial charge >= 0.3 is 0 Å². The van der Waals surface area contributed by atoms with Crippen LogP contribution in [0.3, 0.4) is 0 Å².